The zero-order valence-electron chi connectivity index (χ0n) is 5.97. The highest BCUT2D eigenvalue weighted by Crippen LogP contribution is 2.16. The molecule has 0 saturated carbocycles. The molecule has 0 atom stereocenters. The molecular weight excluding hydrogens is 232 g/mol. The number of alkyl halides is 2. The maximum Gasteiger partial charge on any atom is 0.255 e. The summed E-state index contributed by atoms with van der Waals surface area (Å²) in [4.78, 5) is 7.43. The third-order valence-electron chi connectivity index (χ3n) is 1.09. The summed E-state index contributed by atoms with van der Waals surface area (Å²) in [5.74, 6) is 0.380. The Labute approximate surface area is 76.3 Å². The van der Waals surface area contributed by atoms with Gasteiger partial charge in [0.2, 0.25) is 0 Å². The first-order valence-electron chi connectivity index (χ1n) is 3.17. The molecule has 0 spiro atoms. The summed E-state index contributed by atoms with van der Waals surface area (Å²) in [5, 5.41) is 2.46. The van der Waals surface area contributed by atoms with Crippen LogP contribution in [0.5, 0.6) is 0 Å². The van der Waals surface area contributed by atoms with Gasteiger partial charge in [0.05, 0.1) is 11.0 Å². The summed E-state index contributed by atoms with van der Waals surface area (Å²) in [7, 11) is 0. The number of anilines is 1. The minimum absolute atomic E-state index is 0.380. The molecule has 1 N–H and O–H groups in total. The molecule has 0 aliphatic heterocycles. The van der Waals surface area contributed by atoms with E-state index in [0.29, 0.717) is 10.3 Å². The molecule has 3 nitrogen and oxygen atoms in total. The van der Waals surface area contributed by atoms with Gasteiger partial charge in [0.15, 0.2) is 0 Å². The first kappa shape index (κ1) is 9.31. The largest absolute Gasteiger partial charge is 0.363 e. The van der Waals surface area contributed by atoms with Crippen molar-refractivity contribution in [2.24, 2.45) is 0 Å². The lowest BCUT2D eigenvalue weighted by molar-refractivity contribution is 0.163. The Kier molecular flexibility index (Phi) is 3.33. The van der Waals surface area contributed by atoms with Gasteiger partial charge in [0.25, 0.3) is 6.43 Å². The maximum atomic E-state index is 11.7. The fourth-order valence-corrected chi connectivity index (χ4v) is 0.977. The number of aromatic nitrogens is 2. The molecule has 0 saturated heterocycles. The lowest BCUT2D eigenvalue weighted by Gasteiger charge is -2.04. The van der Waals surface area contributed by atoms with E-state index < -0.39 is 13.0 Å². The van der Waals surface area contributed by atoms with Crippen LogP contribution in [0.1, 0.15) is 0 Å². The van der Waals surface area contributed by atoms with E-state index in [9.17, 15) is 8.78 Å². The van der Waals surface area contributed by atoms with Crippen molar-refractivity contribution in [3.8, 4) is 0 Å². The van der Waals surface area contributed by atoms with Gasteiger partial charge in [0, 0.05) is 6.20 Å². The number of halogens is 3. The Morgan fingerprint density at radius 2 is 2.33 bits per heavy atom. The van der Waals surface area contributed by atoms with Gasteiger partial charge in [-0.05, 0) is 15.9 Å². The highest BCUT2D eigenvalue weighted by atomic mass is 79.9. The highest BCUT2D eigenvalue weighted by Gasteiger charge is 2.04. The molecule has 0 unspecified atom stereocenters. The fraction of sp³-hybridized carbons (Fsp3) is 0.333. The molecule has 6 heteroatoms. The van der Waals surface area contributed by atoms with Crippen LogP contribution in [0, 0.1) is 0 Å². The predicted molar refractivity (Wildman–Crippen MR) is 44.2 cm³/mol. The van der Waals surface area contributed by atoms with E-state index >= 15 is 0 Å². The lowest BCUT2D eigenvalue weighted by atomic mass is 10.5. The molecule has 0 amide bonds. The summed E-state index contributed by atoms with van der Waals surface area (Å²) < 4.78 is 24.0. The first-order chi connectivity index (χ1) is 5.70. The molecule has 0 bridgehead atoms. The Bertz CT molecular complexity index is 256. The van der Waals surface area contributed by atoms with Crippen LogP contribution in [-0.2, 0) is 0 Å². The van der Waals surface area contributed by atoms with Gasteiger partial charge < -0.3 is 5.32 Å². The van der Waals surface area contributed by atoms with Crippen LogP contribution in [0.4, 0.5) is 14.6 Å². The topological polar surface area (TPSA) is 37.8 Å². The quantitative estimate of drug-likeness (QED) is 0.873. The molecule has 0 fully saturated rings. The molecule has 0 radical (unpaired) electrons. The van der Waals surface area contributed by atoms with Crippen molar-refractivity contribution in [2.45, 2.75) is 6.43 Å². The molecule has 1 rings (SSSR count). The van der Waals surface area contributed by atoms with Crippen LogP contribution in [0.25, 0.3) is 0 Å². The van der Waals surface area contributed by atoms with Crippen molar-refractivity contribution in [1.82, 2.24) is 9.97 Å². The standard InChI is InChI=1S/C6H6BrF2N3/c7-4-1-10-3-12-6(4)11-2-5(8)9/h1,3,5H,2H2,(H,10,11,12). The van der Waals surface area contributed by atoms with Gasteiger partial charge in [-0.1, -0.05) is 0 Å². The van der Waals surface area contributed by atoms with E-state index in [0.717, 1.165) is 0 Å². The van der Waals surface area contributed by atoms with Gasteiger partial charge in [0.1, 0.15) is 12.1 Å². The Balaban J connectivity index is 2.57. The van der Waals surface area contributed by atoms with Crippen LogP contribution in [-0.4, -0.2) is 22.9 Å². The second-order valence-electron chi connectivity index (χ2n) is 1.99. The summed E-state index contributed by atoms with van der Waals surface area (Å²) in [5.41, 5.74) is 0. The third-order valence-corrected chi connectivity index (χ3v) is 1.67. The van der Waals surface area contributed by atoms with E-state index in [4.69, 9.17) is 0 Å². The number of hydrogen-bond donors (Lipinski definition) is 1. The molecule has 1 aromatic heterocycles. The summed E-state index contributed by atoms with van der Waals surface area (Å²) >= 11 is 3.11. The van der Waals surface area contributed by atoms with Crippen LogP contribution < -0.4 is 5.32 Å². The number of nitrogens with one attached hydrogen (secondary N) is 1. The van der Waals surface area contributed by atoms with Crippen molar-refractivity contribution in [3.63, 3.8) is 0 Å². The van der Waals surface area contributed by atoms with Crippen molar-refractivity contribution in [1.29, 1.82) is 0 Å². The van der Waals surface area contributed by atoms with Crippen LogP contribution in [0.2, 0.25) is 0 Å². The normalized spacial score (nSPS) is 10.3. The second-order valence-corrected chi connectivity index (χ2v) is 2.85. The van der Waals surface area contributed by atoms with E-state index in [1.807, 2.05) is 0 Å². The summed E-state index contributed by atoms with van der Waals surface area (Å²) in [6, 6.07) is 0. The Morgan fingerprint density at radius 3 is 2.92 bits per heavy atom. The smallest absolute Gasteiger partial charge is 0.255 e. The van der Waals surface area contributed by atoms with Crippen molar-refractivity contribution < 1.29 is 8.78 Å². The second kappa shape index (κ2) is 4.30. The Morgan fingerprint density at radius 1 is 1.58 bits per heavy atom. The molecule has 0 aromatic carbocycles. The number of nitrogens with zero attached hydrogens (tertiary/aromatic N) is 2. The molecule has 0 aliphatic carbocycles. The predicted octanol–water partition coefficient (Wildman–Crippen LogP) is 1.92. The zero-order chi connectivity index (χ0) is 8.97. The molecular formula is C6H6BrF2N3. The van der Waals surface area contributed by atoms with Gasteiger partial charge in [-0.15, -0.1) is 0 Å². The third kappa shape index (κ3) is 2.69. The van der Waals surface area contributed by atoms with Crippen molar-refractivity contribution in [3.05, 3.63) is 17.0 Å². The van der Waals surface area contributed by atoms with Crippen LogP contribution in [0.3, 0.4) is 0 Å². The number of hydrogen-bond acceptors (Lipinski definition) is 3. The van der Waals surface area contributed by atoms with Gasteiger partial charge in [-0.2, -0.15) is 0 Å². The van der Waals surface area contributed by atoms with E-state index in [1.165, 1.54) is 12.5 Å². The minimum atomic E-state index is -2.38. The Hall–Kier alpha value is -0.780. The summed E-state index contributed by atoms with van der Waals surface area (Å²) in [6.45, 7) is -0.407. The molecule has 1 heterocycles. The average molecular weight is 238 g/mol. The lowest BCUT2D eigenvalue weighted by Crippen LogP contribution is -2.11. The van der Waals surface area contributed by atoms with E-state index in [2.05, 4.69) is 31.2 Å². The van der Waals surface area contributed by atoms with E-state index in [-0.39, 0.29) is 0 Å². The van der Waals surface area contributed by atoms with Gasteiger partial charge >= 0.3 is 0 Å². The highest BCUT2D eigenvalue weighted by molar-refractivity contribution is 9.10. The average Bonchev–Trinajstić information content (AvgIpc) is 2.03. The maximum absolute atomic E-state index is 11.7. The zero-order valence-corrected chi connectivity index (χ0v) is 7.55. The van der Waals surface area contributed by atoms with Crippen molar-refractivity contribution >= 4 is 21.7 Å². The molecule has 0 aliphatic rings. The molecule has 12 heavy (non-hydrogen) atoms. The SMILES string of the molecule is FC(F)CNc1ncncc1Br. The van der Waals surface area contributed by atoms with Gasteiger partial charge in [-0.25, -0.2) is 18.7 Å². The van der Waals surface area contributed by atoms with Gasteiger partial charge in [-0.3, -0.25) is 0 Å². The minimum Gasteiger partial charge on any atom is -0.363 e. The molecule has 66 valence electrons. The van der Waals surface area contributed by atoms with E-state index in [1.54, 1.807) is 0 Å². The monoisotopic (exact) mass is 237 g/mol. The number of rotatable bonds is 3. The van der Waals surface area contributed by atoms with Crippen LogP contribution in [0.15, 0.2) is 17.0 Å². The first-order valence-corrected chi connectivity index (χ1v) is 3.97. The fourth-order valence-electron chi connectivity index (χ4n) is 0.617. The van der Waals surface area contributed by atoms with Crippen molar-refractivity contribution in [2.75, 3.05) is 11.9 Å². The molecule has 1 aromatic rings. The summed E-state index contributed by atoms with van der Waals surface area (Å²) in [6.07, 6.45) is 0.395. The van der Waals surface area contributed by atoms with Crippen LogP contribution >= 0.6 is 15.9 Å².